The quantitative estimate of drug-likeness (QED) is 0.566. The maximum Gasteiger partial charge on any atom is 0.330 e. The largest absolute Gasteiger partial charge is 0.461 e. The number of hydrogen-bond acceptors (Lipinski definition) is 4. The van der Waals surface area contributed by atoms with Gasteiger partial charge in [0.25, 0.3) is 0 Å². The first-order valence-electron chi connectivity index (χ1n) is 6.84. The molecule has 0 aromatic carbocycles. The van der Waals surface area contributed by atoms with E-state index in [0.29, 0.717) is 6.42 Å². The highest BCUT2D eigenvalue weighted by molar-refractivity contribution is 5.81. The average Bonchev–Trinajstić information content (AvgIpc) is 2.82. The van der Waals surface area contributed by atoms with Gasteiger partial charge in [0.1, 0.15) is 12.2 Å². The zero-order valence-electron chi connectivity index (χ0n) is 11.6. The van der Waals surface area contributed by atoms with Crippen LogP contribution in [-0.2, 0) is 19.1 Å². The van der Waals surface area contributed by atoms with E-state index in [2.05, 4.69) is 27.4 Å². The summed E-state index contributed by atoms with van der Waals surface area (Å²) in [5.74, 6) is -0.113. The minimum Gasteiger partial charge on any atom is -0.461 e. The molecule has 4 heteroatoms. The predicted octanol–water partition coefficient (Wildman–Crippen LogP) is 2.08. The molecule has 2 saturated carbocycles. The fourth-order valence-electron chi connectivity index (χ4n) is 4.75. The van der Waals surface area contributed by atoms with E-state index in [0.717, 1.165) is 6.42 Å². The van der Waals surface area contributed by atoms with Crippen LogP contribution in [0.1, 0.15) is 33.6 Å². The molecule has 19 heavy (non-hydrogen) atoms. The Morgan fingerprint density at radius 1 is 1.47 bits per heavy atom. The number of carbonyl (C=O) groups excluding carboxylic acids is 2. The molecular formula is C15H20O4. The van der Waals surface area contributed by atoms with Gasteiger partial charge in [-0.05, 0) is 11.8 Å². The number of fused-ring (bicyclic) bond motifs is 5. The van der Waals surface area contributed by atoms with Crippen LogP contribution in [0.4, 0.5) is 0 Å². The van der Waals surface area contributed by atoms with Crippen LogP contribution in [0, 0.1) is 22.7 Å². The molecule has 0 amide bonds. The van der Waals surface area contributed by atoms with Crippen LogP contribution in [0.2, 0.25) is 0 Å². The third kappa shape index (κ3) is 1.40. The summed E-state index contributed by atoms with van der Waals surface area (Å²) in [7, 11) is 0. The van der Waals surface area contributed by atoms with Crippen LogP contribution in [0.25, 0.3) is 0 Å². The zero-order valence-corrected chi connectivity index (χ0v) is 11.6. The predicted molar refractivity (Wildman–Crippen MR) is 68.1 cm³/mol. The Morgan fingerprint density at radius 2 is 2.16 bits per heavy atom. The van der Waals surface area contributed by atoms with Crippen molar-refractivity contribution in [3.05, 3.63) is 12.7 Å². The Labute approximate surface area is 113 Å². The highest BCUT2D eigenvalue weighted by Crippen LogP contribution is 2.71. The second-order valence-electron chi connectivity index (χ2n) is 6.83. The van der Waals surface area contributed by atoms with Crippen molar-refractivity contribution in [1.82, 2.24) is 0 Å². The van der Waals surface area contributed by atoms with E-state index in [-0.39, 0.29) is 46.8 Å². The lowest BCUT2D eigenvalue weighted by atomic mass is 9.70. The van der Waals surface area contributed by atoms with Crippen molar-refractivity contribution >= 4 is 11.9 Å². The molecule has 1 saturated heterocycles. The highest BCUT2D eigenvalue weighted by Gasteiger charge is 2.73. The van der Waals surface area contributed by atoms with Crippen molar-refractivity contribution in [2.75, 3.05) is 0 Å². The van der Waals surface area contributed by atoms with Crippen LogP contribution in [0.15, 0.2) is 12.7 Å². The maximum atomic E-state index is 11.6. The van der Waals surface area contributed by atoms with Crippen LogP contribution in [0.5, 0.6) is 0 Å². The van der Waals surface area contributed by atoms with E-state index in [9.17, 15) is 9.59 Å². The number of carbonyl (C=O) groups is 2. The van der Waals surface area contributed by atoms with Crippen LogP contribution in [-0.4, -0.2) is 24.1 Å². The van der Waals surface area contributed by atoms with E-state index in [1.54, 1.807) is 0 Å². The first-order valence-corrected chi connectivity index (χ1v) is 6.84. The summed E-state index contributed by atoms with van der Waals surface area (Å²) in [6, 6.07) is 0. The van der Waals surface area contributed by atoms with Crippen molar-refractivity contribution in [3.63, 3.8) is 0 Å². The molecule has 0 aromatic heterocycles. The lowest BCUT2D eigenvalue weighted by molar-refractivity contribution is -0.153. The molecule has 3 rings (SSSR count). The summed E-state index contributed by atoms with van der Waals surface area (Å²) in [6.07, 6.45) is 2.28. The fourth-order valence-corrected chi connectivity index (χ4v) is 4.75. The molecule has 5 atom stereocenters. The molecule has 3 fully saturated rings. The van der Waals surface area contributed by atoms with E-state index >= 15 is 0 Å². The van der Waals surface area contributed by atoms with Crippen molar-refractivity contribution in [2.45, 2.75) is 45.8 Å². The molecule has 3 aliphatic rings. The van der Waals surface area contributed by atoms with Gasteiger partial charge < -0.3 is 9.47 Å². The Bertz CT molecular complexity index is 467. The Morgan fingerprint density at radius 3 is 2.79 bits per heavy atom. The number of ether oxygens (including phenoxy) is 2. The molecule has 0 radical (unpaired) electrons. The lowest BCUT2D eigenvalue weighted by Gasteiger charge is -2.37. The van der Waals surface area contributed by atoms with Gasteiger partial charge in [-0.3, -0.25) is 4.79 Å². The van der Waals surface area contributed by atoms with Gasteiger partial charge in [-0.2, -0.15) is 0 Å². The minimum absolute atomic E-state index is 0.00908. The van der Waals surface area contributed by atoms with E-state index < -0.39 is 0 Å². The normalized spacial score (nSPS) is 45.7. The summed E-state index contributed by atoms with van der Waals surface area (Å²) >= 11 is 0. The molecule has 104 valence electrons. The fraction of sp³-hybridized carbons (Fsp3) is 0.733. The van der Waals surface area contributed by atoms with E-state index in [1.165, 1.54) is 6.08 Å². The Kier molecular flexibility index (Phi) is 2.42. The van der Waals surface area contributed by atoms with Crippen LogP contribution >= 0.6 is 0 Å². The van der Waals surface area contributed by atoms with E-state index in [4.69, 9.17) is 9.47 Å². The molecule has 2 aliphatic carbocycles. The van der Waals surface area contributed by atoms with Crippen molar-refractivity contribution in [3.8, 4) is 0 Å². The Balaban J connectivity index is 1.94. The van der Waals surface area contributed by atoms with Gasteiger partial charge in [-0.1, -0.05) is 27.4 Å². The van der Waals surface area contributed by atoms with Gasteiger partial charge in [-0.25, -0.2) is 4.79 Å². The minimum atomic E-state index is -0.376. The molecule has 0 spiro atoms. The highest BCUT2D eigenvalue weighted by atomic mass is 16.6. The first kappa shape index (κ1) is 12.7. The van der Waals surface area contributed by atoms with Crippen molar-refractivity contribution in [1.29, 1.82) is 0 Å². The number of hydrogen-bond donors (Lipinski definition) is 0. The summed E-state index contributed by atoms with van der Waals surface area (Å²) < 4.78 is 11.1. The second kappa shape index (κ2) is 3.62. The molecule has 2 bridgehead atoms. The third-order valence-electron chi connectivity index (χ3n) is 5.90. The van der Waals surface area contributed by atoms with Crippen LogP contribution in [0.3, 0.4) is 0 Å². The first-order chi connectivity index (χ1) is 8.81. The topological polar surface area (TPSA) is 52.6 Å². The lowest BCUT2D eigenvalue weighted by Crippen LogP contribution is -2.40. The summed E-state index contributed by atoms with van der Waals surface area (Å²) in [5, 5.41) is 0. The standard InChI is InChI=1S/C15H20O4/c1-5-10(16)18-9-7-15(4)13-8(6-11(17)19-13)12(9)14(15,2)3/h5,8-9,12-13H,1,6-7H2,2-4H3/t8?,9?,12-,13?,15?/m0/s1. The molecule has 1 heterocycles. The molecule has 4 unspecified atom stereocenters. The van der Waals surface area contributed by atoms with Crippen molar-refractivity contribution < 1.29 is 19.1 Å². The van der Waals surface area contributed by atoms with Gasteiger partial charge >= 0.3 is 11.9 Å². The van der Waals surface area contributed by atoms with Gasteiger partial charge in [0.15, 0.2) is 0 Å². The SMILES string of the molecule is C=CC(=O)OC1CC2(C)C3OC(=O)CC3[C@@H]1C2(C)C. The Hall–Kier alpha value is -1.32. The number of esters is 2. The van der Waals surface area contributed by atoms with Gasteiger partial charge in [-0.15, -0.1) is 0 Å². The van der Waals surface area contributed by atoms with Gasteiger partial charge in [0.2, 0.25) is 0 Å². The van der Waals surface area contributed by atoms with Gasteiger partial charge in [0.05, 0.1) is 6.42 Å². The van der Waals surface area contributed by atoms with Crippen LogP contribution < -0.4 is 0 Å². The average molecular weight is 264 g/mol. The summed E-state index contributed by atoms with van der Waals surface area (Å²) in [6.45, 7) is 10.0. The summed E-state index contributed by atoms with van der Waals surface area (Å²) in [4.78, 5) is 23.0. The molecule has 0 aromatic rings. The maximum absolute atomic E-state index is 11.6. The second-order valence-corrected chi connectivity index (χ2v) is 6.83. The smallest absolute Gasteiger partial charge is 0.330 e. The van der Waals surface area contributed by atoms with E-state index in [1.807, 2.05) is 0 Å². The monoisotopic (exact) mass is 264 g/mol. The molecule has 0 N–H and O–H groups in total. The molecule has 4 nitrogen and oxygen atoms in total. The van der Waals surface area contributed by atoms with Gasteiger partial charge in [0, 0.05) is 23.3 Å². The zero-order chi connectivity index (χ0) is 14.0. The molecule has 1 aliphatic heterocycles. The third-order valence-corrected chi connectivity index (χ3v) is 5.90. The molecular weight excluding hydrogens is 244 g/mol. The number of rotatable bonds is 2. The summed E-state index contributed by atoms with van der Waals surface area (Å²) in [5.41, 5.74) is -0.101. The van der Waals surface area contributed by atoms with Crippen molar-refractivity contribution in [2.24, 2.45) is 22.7 Å².